The van der Waals surface area contributed by atoms with Crippen LogP contribution in [0.2, 0.25) is 5.02 Å². The summed E-state index contributed by atoms with van der Waals surface area (Å²) >= 11 is 7.60. The van der Waals surface area contributed by atoms with Crippen molar-refractivity contribution in [2.45, 2.75) is 31.7 Å². The van der Waals surface area contributed by atoms with Crippen LogP contribution in [0.15, 0.2) is 36.4 Å². The van der Waals surface area contributed by atoms with Crippen molar-refractivity contribution in [3.63, 3.8) is 0 Å². The van der Waals surface area contributed by atoms with Crippen LogP contribution in [0.3, 0.4) is 0 Å². The van der Waals surface area contributed by atoms with Gasteiger partial charge in [0.2, 0.25) is 5.91 Å². The number of aromatic nitrogens is 1. The lowest BCUT2D eigenvalue weighted by Crippen LogP contribution is -2.77. The van der Waals surface area contributed by atoms with Crippen LogP contribution in [0.25, 0.3) is 10.2 Å². The Morgan fingerprint density at radius 3 is 2.67 bits per heavy atom. The van der Waals surface area contributed by atoms with Gasteiger partial charge in [-0.1, -0.05) is 29.0 Å². The van der Waals surface area contributed by atoms with E-state index in [0.717, 1.165) is 15.8 Å². The van der Waals surface area contributed by atoms with Crippen molar-refractivity contribution < 1.29 is 9.59 Å². The third-order valence-electron chi connectivity index (χ3n) is 6.00. The van der Waals surface area contributed by atoms with Gasteiger partial charge in [0.1, 0.15) is 0 Å². The number of fused-ring (bicyclic) bond motifs is 1. The molecule has 3 aliphatic carbocycles. The minimum atomic E-state index is -0.435. The maximum Gasteiger partial charge on any atom is 0.253 e. The highest BCUT2D eigenvalue weighted by atomic mass is 35.5. The zero-order valence-electron chi connectivity index (χ0n) is 16.1. The summed E-state index contributed by atoms with van der Waals surface area (Å²) in [4.78, 5) is 29.9. The molecule has 3 saturated carbocycles. The van der Waals surface area contributed by atoms with E-state index in [1.807, 2.05) is 25.1 Å². The molecule has 1 heterocycles. The second-order valence-corrected chi connectivity index (χ2v) is 9.73. The zero-order valence-corrected chi connectivity index (χ0v) is 17.7. The molecule has 2 bridgehead atoms. The molecule has 3 fully saturated rings. The Morgan fingerprint density at radius 2 is 1.97 bits per heavy atom. The molecular formula is C22H17ClN4O2S. The highest BCUT2D eigenvalue weighted by Gasteiger charge is 2.72. The number of carbonyl (C=O) groups excluding carboxylic acids is 2. The fraction of sp³-hybridized carbons (Fsp3) is 0.273. The van der Waals surface area contributed by atoms with Crippen LogP contribution in [-0.4, -0.2) is 22.3 Å². The second-order valence-electron chi connectivity index (χ2n) is 8.30. The standard InChI is InChI=1S/C22H17ClN4O2S/c1-12-2-5-16-17(6-12)30-20(25-16)26-19(29)21-9-22(10-21,11-21)27-18(28)14-4-3-13(8-24)7-15(14)23/h2-7H,9-11H2,1H3,(H,27,28)(H,25,26,29). The molecule has 6 rings (SSSR count). The Kier molecular flexibility index (Phi) is 4.14. The molecule has 8 heteroatoms. The molecule has 6 nitrogen and oxygen atoms in total. The Morgan fingerprint density at radius 1 is 1.20 bits per heavy atom. The molecule has 30 heavy (non-hydrogen) atoms. The third kappa shape index (κ3) is 2.95. The normalized spacial score (nSPS) is 23.8. The number of hydrogen-bond acceptors (Lipinski definition) is 5. The lowest BCUT2D eigenvalue weighted by molar-refractivity contribution is -0.172. The molecule has 1 aromatic heterocycles. The molecule has 2 aromatic carbocycles. The molecule has 0 unspecified atom stereocenters. The van der Waals surface area contributed by atoms with Crippen molar-refractivity contribution in [1.29, 1.82) is 5.26 Å². The number of halogens is 1. The first-order valence-corrected chi connectivity index (χ1v) is 10.7. The quantitative estimate of drug-likeness (QED) is 0.632. The number of aryl methyl sites for hydroxylation is 1. The maximum absolute atomic E-state index is 12.8. The number of nitriles is 1. The first-order valence-electron chi connectivity index (χ1n) is 9.52. The van der Waals surface area contributed by atoms with Gasteiger partial charge in [-0.25, -0.2) is 4.98 Å². The Labute approximate surface area is 181 Å². The number of hydrogen-bond donors (Lipinski definition) is 2. The van der Waals surface area contributed by atoms with Crippen LogP contribution < -0.4 is 10.6 Å². The van der Waals surface area contributed by atoms with Crippen LogP contribution in [0.4, 0.5) is 5.13 Å². The van der Waals surface area contributed by atoms with E-state index in [1.165, 1.54) is 17.4 Å². The van der Waals surface area contributed by atoms with Gasteiger partial charge in [0.25, 0.3) is 5.91 Å². The molecule has 150 valence electrons. The van der Waals surface area contributed by atoms with Crippen molar-refractivity contribution in [2.75, 3.05) is 5.32 Å². The van der Waals surface area contributed by atoms with Crippen LogP contribution in [0, 0.1) is 23.7 Å². The first-order chi connectivity index (χ1) is 14.3. The van der Waals surface area contributed by atoms with Gasteiger partial charge in [-0.15, -0.1) is 0 Å². The molecule has 0 saturated heterocycles. The minimum absolute atomic E-state index is 0.0363. The summed E-state index contributed by atoms with van der Waals surface area (Å²) in [5.74, 6) is -0.314. The predicted octanol–water partition coefficient (Wildman–Crippen LogP) is 4.42. The Bertz CT molecular complexity index is 1260. The van der Waals surface area contributed by atoms with Gasteiger partial charge < -0.3 is 10.6 Å². The number of nitrogens with zero attached hydrogens (tertiary/aromatic N) is 2. The highest BCUT2D eigenvalue weighted by Crippen LogP contribution is 2.67. The van der Waals surface area contributed by atoms with Crippen LogP contribution in [-0.2, 0) is 4.79 Å². The number of anilines is 1. The number of nitrogens with one attached hydrogen (secondary N) is 2. The van der Waals surface area contributed by atoms with Gasteiger partial charge in [-0.05, 0) is 62.1 Å². The van der Waals surface area contributed by atoms with Gasteiger partial charge in [-0.2, -0.15) is 5.26 Å². The third-order valence-corrected chi connectivity index (χ3v) is 7.24. The van der Waals surface area contributed by atoms with E-state index in [1.54, 1.807) is 12.1 Å². The van der Waals surface area contributed by atoms with Crippen LogP contribution >= 0.6 is 22.9 Å². The van der Waals surface area contributed by atoms with E-state index in [-0.39, 0.29) is 22.4 Å². The lowest BCUT2D eigenvalue weighted by Gasteiger charge is -2.69. The van der Waals surface area contributed by atoms with Crippen molar-refractivity contribution >= 4 is 50.1 Å². The molecule has 3 aromatic rings. The van der Waals surface area contributed by atoms with E-state index < -0.39 is 5.41 Å². The average Bonchev–Trinajstić information content (AvgIpc) is 3.04. The van der Waals surface area contributed by atoms with Crippen LogP contribution in [0.1, 0.15) is 40.7 Å². The summed E-state index contributed by atoms with van der Waals surface area (Å²) in [6, 6.07) is 12.6. The molecule has 0 atom stereocenters. The van der Waals surface area contributed by atoms with Gasteiger partial charge in [-0.3, -0.25) is 9.59 Å². The predicted molar refractivity (Wildman–Crippen MR) is 116 cm³/mol. The number of carbonyl (C=O) groups is 2. The van der Waals surface area contributed by atoms with Gasteiger partial charge in [0, 0.05) is 5.54 Å². The zero-order chi connectivity index (χ0) is 21.1. The molecule has 2 N–H and O–H groups in total. The first kappa shape index (κ1) is 19.0. The monoisotopic (exact) mass is 436 g/mol. The molecule has 2 amide bonds. The summed E-state index contributed by atoms with van der Waals surface area (Å²) in [5.41, 5.74) is 1.99. The molecular weight excluding hydrogens is 420 g/mol. The van der Waals surface area contributed by atoms with Crippen molar-refractivity contribution in [1.82, 2.24) is 10.3 Å². The molecule has 0 spiro atoms. The molecule has 3 aliphatic rings. The van der Waals surface area contributed by atoms with E-state index in [0.29, 0.717) is 35.5 Å². The number of benzene rings is 2. The van der Waals surface area contributed by atoms with E-state index in [4.69, 9.17) is 16.9 Å². The Hall–Kier alpha value is -2.95. The Balaban J connectivity index is 1.22. The summed E-state index contributed by atoms with van der Waals surface area (Å²) in [5, 5.41) is 15.8. The summed E-state index contributed by atoms with van der Waals surface area (Å²) in [6.07, 6.45) is 1.82. The topological polar surface area (TPSA) is 94.9 Å². The van der Waals surface area contributed by atoms with E-state index in [9.17, 15) is 9.59 Å². The van der Waals surface area contributed by atoms with E-state index >= 15 is 0 Å². The van der Waals surface area contributed by atoms with Crippen molar-refractivity contribution in [2.24, 2.45) is 5.41 Å². The largest absolute Gasteiger partial charge is 0.346 e. The lowest BCUT2D eigenvalue weighted by atomic mass is 9.39. The number of rotatable bonds is 4. The highest BCUT2D eigenvalue weighted by molar-refractivity contribution is 7.22. The maximum atomic E-state index is 12.8. The molecule has 0 radical (unpaired) electrons. The second kappa shape index (κ2) is 6.53. The van der Waals surface area contributed by atoms with Crippen molar-refractivity contribution in [3.8, 4) is 6.07 Å². The van der Waals surface area contributed by atoms with Gasteiger partial charge in [0.15, 0.2) is 5.13 Å². The SMILES string of the molecule is Cc1ccc2nc(NC(=O)C34CC(NC(=O)c5ccc(C#N)cc5Cl)(C3)C4)sc2c1. The summed E-state index contributed by atoms with van der Waals surface area (Å²) < 4.78 is 1.05. The van der Waals surface area contributed by atoms with Crippen LogP contribution in [0.5, 0.6) is 0 Å². The van der Waals surface area contributed by atoms with Gasteiger partial charge in [0.05, 0.1) is 37.9 Å². The number of thiazole rings is 1. The summed E-state index contributed by atoms with van der Waals surface area (Å²) in [6.45, 7) is 2.03. The number of amides is 2. The average molecular weight is 437 g/mol. The smallest absolute Gasteiger partial charge is 0.253 e. The van der Waals surface area contributed by atoms with E-state index in [2.05, 4.69) is 21.7 Å². The van der Waals surface area contributed by atoms with Crippen molar-refractivity contribution in [3.05, 3.63) is 58.1 Å². The molecule has 0 aliphatic heterocycles. The fourth-order valence-corrected chi connectivity index (χ4v) is 5.78. The fourth-order valence-electron chi connectivity index (χ4n) is 4.55. The minimum Gasteiger partial charge on any atom is -0.346 e. The van der Waals surface area contributed by atoms with Gasteiger partial charge >= 0.3 is 0 Å². The summed E-state index contributed by atoms with van der Waals surface area (Å²) in [7, 11) is 0.